The first kappa shape index (κ1) is 16.0. The highest BCUT2D eigenvalue weighted by atomic mass is 35.5. The van der Waals surface area contributed by atoms with Crippen LogP contribution in [0.4, 0.5) is 11.4 Å². The van der Waals surface area contributed by atoms with Gasteiger partial charge in [0.25, 0.3) is 11.4 Å². The van der Waals surface area contributed by atoms with Gasteiger partial charge in [-0.15, -0.1) is 0 Å². The molecule has 0 radical (unpaired) electrons. The van der Waals surface area contributed by atoms with E-state index in [4.69, 9.17) is 23.2 Å². The topological polar surface area (TPSA) is 120 Å². The minimum Gasteiger partial charge on any atom is -0.288 e. The van der Waals surface area contributed by atoms with E-state index in [0.717, 1.165) is 0 Å². The highest BCUT2D eigenvalue weighted by molar-refractivity contribution is 6.44. The number of carbonyl (C=O) groups is 2. The lowest BCUT2D eigenvalue weighted by Gasteiger charge is -2.19. The third-order valence-electron chi connectivity index (χ3n) is 3.56. The summed E-state index contributed by atoms with van der Waals surface area (Å²) in [5.74, 6) is -1.72. The van der Waals surface area contributed by atoms with Gasteiger partial charge >= 0.3 is 0 Å². The van der Waals surface area contributed by atoms with Gasteiger partial charge in [-0.1, -0.05) is 35.3 Å². The van der Waals surface area contributed by atoms with E-state index in [2.05, 4.69) is 0 Å². The zero-order valence-electron chi connectivity index (χ0n) is 11.4. The highest BCUT2D eigenvalue weighted by Gasteiger charge is 2.41. The van der Waals surface area contributed by atoms with Crippen LogP contribution in [-0.4, -0.2) is 21.4 Å². The van der Waals surface area contributed by atoms with E-state index in [1.165, 1.54) is 18.2 Å². The number of carbonyl (C=O) groups excluding carboxylic acids is 2. The van der Waals surface area contributed by atoms with Gasteiger partial charge < -0.3 is 0 Å². The molecule has 0 saturated heterocycles. The molecule has 8 nitrogen and oxygen atoms in total. The summed E-state index contributed by atoms with van der Waals surface area (Å²) in [4.78, 5) is 45.7. The molecule has 0 unspecified atom stereocenters. The van der Waals surface area contributed by atoms with Crippen molar-refractivity contribution in [2.75, 3.05) is 0 Å². The predicted molar refractivity (Wildman–Crippen MR) is 83.1 cm³/mol. The van der Waals surface area contributed by atoms with Crippen molar-refractivity contribution in [3.05, 3.63) is 76.8 Å². The Morgan fingerprint density at radius 2 is 1.46 bits per heavy atom. The molecule has 0 aliphatic heterocycles. The number of hydrogen-bond donors (Lipinski definition) is 0. The number of nitro benzene ring substituents is 2. The SMILES string of the molecule is O=C1c2cccc(Cl)c2C(=O)c2c(Cl)c([N+](=O)[O-])cc([N+](=O)[O-])c21. The second-order valence-electron chi connectivity index (χ2n) is 4.81. The van der Waals surface area contributed by atoms with Gasteiger partial charge in [0.2, 0.25) is 5.78 Å². The van der Waals surface area contributed by atoms with Crippen LogP contribution in [0.1, 0.15) is 31.8 Å². The second-order valence-corrected chi connectivity index (χ2v) is 5.60. The van der Waals surface area contributed by atoms with Crippen molar-refractivity contribution in [1.82, 2.24) is 0 Å². The predicted octanol–water partition coefficient (Wildman–Crippen LogP) is 3.59. The Labute approximate surface area is 142 Å². The highest BCUT2D eigenvalue weighted by Crippen LogP contribution is 2.43. The third kappa shape index (κ3) is 2.08. The first-order chi connectivity index (χ1) is 11.3. The van der Waals surface area contributed by atoms with Gasteiger partial charge in [-0.25, -0.2) is 0 Å². The van der Waals surface area contributed by atoms with Crippen molar-refractivity contribution in [3.8, 4) is 0 Å². The fourth-order valence-corrected chi connectivity index (χ4v) is 3.12. The lowest BCUT2D eigenvalue weighted by atomic mass is 9.83. The van der Waals surface area contributed by atoms with Crippen LogP contribution in [0.5, 0.6) is 0 Å². The molecule has 2 aromatic rings. The van der Waals surface area contributed by atoms with Gasteiger partial charge in [0.05, 0.1) is 32.1 Å². The number of hydrogen-bond acceptors (Lipinski definition) is 6. The van der Waals surface area contributed by atoms with Crippen LogP contribution < -0.4 is 0 Å². The van der Waals surface area contributed by atoms with E-state index in [-0.39, 0.29) is 16.1 Å². The van der Waals surface area contributed by atoms with Crippen LogP contribution >= 0.6 is 23.2 Å². The van der Waals surface area contributed by atoms with Crippen LogP contribution in [-0.2, 0) is 0 Å². The Morgan fingerprint density at radius 1 is 0.833 bits per heavy atom. The summed E-state index contributed by atoms with van der Waals surface area (Å²) in [6.07, 6.45) is 0. The van der Waals surface area contributed by atoms with Gasteiger partial charge in [0.15, 0.2) is 5.78 Å². The summed E-state index contributed by atoms with van der Waals surface area (Å²) in [6.45, 7) is 0. The van der Waals surface area contributed by atoms with E-state index < -0.39 is 48.9 Å². The van der Waals surface area contributed by atoms with Crippen molar-refractivity contribution in [3.63, 3.8) is 0 Å². The normalized spacial score (nSPS) is 12.6. The molecule has 1 aliphatic carbocycles. The number of nitrogens with zero attached hydrogens (tertiary/aromatic N) is 2. The average Bonchev–Trinajstić information content (AvgIpc) is 2.51. The summed E-state index contributed by atoms with van der Waals surface area (Å²) < 4.78 is 0. The maximum atomic E-state index is 12.7. The van der Waals surface area contributed by atoms with Crippen molar-refractivity contribution >= 4 is 46.1 Å². The molecule has 0 atom stereocenters. The van der Waals surface area contributed by atoms with E-state index in [1.54, 1.807) is 0 Å². The minimum atomic E-state index is -0.969. The first-order valence-corrected chi connectivity index (χ1v) is 7.04. The molecule has 1 aliphatic rings. The summed E-state index contributed by atoms with van der Waals surface area (Å²) >= 11 is 11.8. The molecule has 0 amide bonds. The molecule has 0 spiro atoms. The minimum absolute atomic E-state index is 0.0540. The Balaban J connectivity index is 2.48. The molecule has 24 heavy (non-hydrogen) atoms. The zero-order valence-corrected chi connectivity index (χ0v) is 12.9. The van der Waals surface area contributed by atoms with Gasteiger partial charge in [-0.05, 0) is 6.07 Å². The molecule has 0 heterocycles. The summed E-state index contributed by atoms with van der Waals surface area (Å²) in [5.41, 5.74) is -3.15. The second kappa shape index (κ2) is 5.36. The standard InChI is InChI=1S/C14H4Cl2N2O6/c15-6-3-1-2-5-9(6)14(20)11-10(13(5)19)7(17(21)22)4-8(12(11)16)18(23)24/h1-4H. The molecule has 0 aromatic heterocycles. The van der Waals surface area contributed by atoms with Gasteiger partial charge in [0, 0.05) is 5.56 Å². The Hall–Kier alpha value is -2.84. The van der Waals surface area contributed by atoms with Crippen molar-refractivity contribution in [1.29, 1.82) is 0 Å². The molecule has 120 valence electrons. The number of benzene rings is 2. The smallest absolute Gasteiger partial charge is 0.288 e. The monoisotopic (exact) mass is 366 g/mol. The molecule has 0 saturated carbocycles. The fraction of sp³-hybridized carbons (Fsp3) is 0. The number of halogens is 2. The molecule has 0 fully saturated rings. The van der Waals surface area contributed by atoms with Crippen LogP contribution in [0, 0.1) is 20.2 Å². The third-order valence-corrected chi connectivity index (χ3v) is 4.25. The quantitative estimate of drug-likeness (QED) is 0.504. The van der Waals surface area contributed by atoms with Crippen LogP contribution in [0.2, 0.25) is 10.0 Å². The Morgan fingerprint density at radius 3 is 2.04 bits per heavy atom. The maximum Gasteiger partial charge on any atom is 0.295 e. The number of nitro groups is 2. The molecule has 0 N–H and O–H groups in total. The molecule has 2 aromatic carbocycles. The van der Waals surface area contributed by atoms with Crippen LogP contribution in [0.3, 0.4) is 0 Å². The summed E-state index contributed by atoms with van der Waals surface area (Å²) in [7, 11) is 0. The zero-order chi connectivity index (χ0) is 17.8. The van der Waals surface area contributed by atoms with E-state index in [0.29, 0.717) is 6.07 Å². The molecular formula is C14H4Cl2N2O6. The summed E-state index contributed by atoms with van der Waals surface area (Å²) in [5, 5.41) is 21.6. The first-order valence-electron chi connectivity index (χ1n) is 6.29. The van der Waals surface area contributed by atoms with Gasteiger partial charge in [-0.2, -0.15) is 0 Å². The maximum absolute atomic E-state index is 12.7. The Bertz CT molecular complexity index is 986. The number of rotatable bonds is 2. The molecular weight excluding hydrogens is 363 g/mol. The molecule has 0 bridgehead atoms. The van der Waals surface area contributed by atoms with Crippen LogP contribution in [0.25, 0.3) is 0 Å². The Kier molecular flexibility index (Phi) is 3.58. The van der Waals surface area contributed by atoms with Gasteiger partial charge in [-0.3, -0.25) is 29.8 Å². The van der Waals surface area contributed by atoms with E-state index >= 15 is 0 Å². The van der Waals surface area contributed by atoms with Crippen molar-refractivity contribution in [2.45, 2.75) is 0 Å². The van der Waals surface area contributed by atoms with Crippen molar-refractivity contribution in [2.24, 2.45) is 0 Å². The molecule has 3 rings (SSSR count). The van der Waals surface area contributed by atoms with E-state index in [9.17, 15) is 29.8 Å². The number of ketones is 2. The largest absolute Gasteiger partial charge is 0.295 e. The number of fused-ring (bicyclic) bond motifs is 2. The lowest BCUT2D eigenvalue weighted by molar-refractivity contribution is -0.394. The lowest BCUT2D eigenvalue weighted by Crippen LogP contribution is -2.23. The van der Waals surface area contributed by atoms with Gasteiger partial charge in [0.1, 0.15) is 10.6 Å². The average molecular weight is 367 g/mol. The molecule has 10 heteroatoms. The van der Waals surface area contributed by atoms with E-state index in [1.807, 2.05) is 0 Å². The summed E-state index contributed by atoms with van der Waals surface area (Å²) in [6, 6.07) is 4.64. The van der Waals surface area contributed by atoms with Crippen molar-refractivity contribution < 1.29 is 19.4 Å². The fourth-order valence-electron chi connectivity index (χ4n) is 2.55. The van der Waals surface area contributed by atoms with Crippen LogP contribution in [0.15, 0.2) is 24.3 Å².